The van der Waals surface area contributed by atoms with Crippen LogP contribution in [-0.2, 0) is 28.2 Å². The quantitative estimate of drug-likeness (QED) is 0.227. The maximum absolute atomic E-state index is 15.1. The van der Waals surface area contributed by atoms with E-state index < -0.39 is 46.5 Å². The predicted octanol–water partition coefficient (Wildman–Crippen LogP) is 4.34. The molecule has 4 atom stereocenters. The normalized spacial score (nSPS) is 23.6. The van der Waals surface area contributed by atoms with Gasteiger partial charge in [-0.05, 0) is 60.0 Å². The van der Waals surface area contributed by atoms with Gasteiger partial charge in [0.05, 0.1) is 35.8 Å². The van der Waals surface area contributed by atoms with Gasteiger partial charge in [0.2, 0.25) is 11.8 Å². The standard InChI is InChI=1S/C35H27ClN4O6/c36-22-10-7-13-24(18-22)38-31(42)27-19-28-26(16-17-37-33(44)39(34(45)40(28)37)23-11-5-2-6-12-23)30(29-15-14-25(20-41)46-29)35(27,32(38)43)21-8-3-1-4-9-21/h1-16,18,27-28,30,41H,17,19-20H2/t27-,28+,30+,35+/m0/s1. The number of carbonyl (C=O) groups is 2. The summed E-state index contributed by atoms with van der Waals surface area (Å²) in [5.41, 5.74) is -0.455. The number of carbonyl (C=O) groups excluding carboxylic acids is 2. The molecule has 10 nitrogen and oxygen atoms in total. The first-order valence-electron chi connectivity index (χ1n) is 14.9. The average Bonchev–Trinajstić information content (AvgIpc) is 3.72. The fraction of sp³-hybridized carbons (Fsp3) is 0.200. The second-order valence-electron chi connectivity index (χ2n) is 11.8. The van der Waals surface area contributed by atoms with Gasteiger partial charge in [-0.25, -0.2) is 28.4 Å². The zero-order valence-corrected chi connectivity index (χ0v) is 25.1. The second-order valence-corrected chi connectivity index (χ2v) is 12.2. The van der Waals surface area contributed by atoms with Crippen LogP contribution in [0.4, 0.5) is 5.69 Å². The summed E-state index contributed by atoms with van der Waals surface area (Å²) >= 11 is 6.34. The minimum Gasteiger partial charge on any atom is -0.463 e. The Bertz CT molecular complexity index is 2180. The number of allylic oxidation sites excluding steroid dienone is 2. The number of rotatable bonds is 5. The lowest BCUT2D eigenvalue weighted by molar-refractivity contribution is -0.124. The van der Waals surface area contributed by atoms with Gasteiger partial charge in [0, 0.05) is 5.02 Å². The average molecular weight is 635 g/mol. The first kappa shape index (κ1) is 28.3. The van der Waals surface area contributed by atoms with E-state index in [0.717, 1.165) is 4.57 Å². The smallest absolute Gasteiger partial charge is 0.352 e. The second kappa shape index (κ2) is 10.4. The first-order chi connectivity index (χ1) is 22.4. The SMILES string of the molecule is O=C1[C@@H]2C[C@@H]3C(=CCn4c(=O)n(-c5ccccc5)c(=O)n43)[C@H](c3ccc(CO)o3)[C@]2(c2ccccc2)C(=O)N1c1cccc(Cl)c1. The molecule has 0 bridgehead atoms. The van der Waals surface area contributed by atoms with Gasteiger partial charge in [0.1, 0.15) is 23.5 Å². The van der Waals surface area contributed by atoms with Crippen molar-refractivity contribution in [3.05, 3.63) is 152 Å². The fourth-order valence-corrected chi connectivity index (χ4v) is 7.93. The Morgan fingerprint density at radius 2 is 1.57 bits per heavy atom. The monoisotopic (exact) mass is 634 g/mol. The summed E-state index contributed by atoms with van der Waals surface area (Å²) in [5, 5.41) is 10.3. The Morgan fingerprint density at radius 3 is 2.26 bits per heavy atom. The van der Waals surface area contributed by atoms with E-state index in [1.54, 1.807) is 66.7 Å². The molecular weight excluding hydrogens is 608 g/mol. The predicted molar refractivity (Wildman–Crippen MR) is 169 cm³/mol. The van der Waals surface area contributed by atoms with E-state index in [0.29, 0.717) is 39.1 Å². The number of aliphatic hydroxyl groups is 1. The topological polar surface area (TPSA) is 120 Å². The van der Waals surface area contributed by atoms with Crippen LogP contribution < -0.4 is 16.3 Å². The zero-order chi connectivity index (χ0) is 31.7. The molecule has 0 spiro atoms. The van der Waals surface area contributed by atoms with Crippen molar-refractivity contribution in [2.24, 2.45) is 5.92 Å². The minimum atomic E-state index is -1.47. The highest BCUT2D eigenvalue weighted by molar-refractivity contribution is 6.32. The number of nitrogens with zero attached hydrogens (tertiary/aromatic N) is 4. The van der Waals surface area contributed by atoms with Gasteiger partial charge in [0.25, 0.3) is 0 Å². The highest BCUT2D eigenvalue weighted by Gasteiger charge is 2.69. The summed E-state index contributed by atoms with van der Waals surface area (Å²) in [6, 6.07) is 27.0. The Morgan fingerprint density at radius 1 is 0.848 bits per heavy atom. The number of amides is 2. The number of imide groups is 1. The van der Waals surface area contributed by atoms with Gasteiger partial charge in [-0.15, -0.1) is 0 Å². The molecule has 11 heteroatoms. The summed E-state index contributed by atoms with van der Waals surface area (Å²) in [5.74, 6) is -2.03. The van der Waals surface area contributed by atoms with E-state index in [1.165, 1.54) is 14.3 Å². The Hall–Kier alpha value is -5.19. The van der Waals surface area contributed by atoms with Crippen molar-refractivity contribution in [1.29, 1.82) is 0 Å². The van der Waals surface area contributed by atoms with Gasteiger partial charge >= 0.3 is 11.4 Å². The van der Waals surface area contributed by atoms with Crippen molar-refractivity contribution in [1.82, 2.24) is 13.9 Å². The van der Waals surface area contributed by atoms with E-state index in [-0.39, 0.29) is 19.6 Å². The molecule has 1 saturated heterocycles. The zero-order valence-electron chi connectivity index (χ0n) is 24.3. The molecule has 230 valence electrons. The number of anilines is 1. The lowest BCUT2D eigenvalue weighted by Crippen LogP contribution is -2.53. The van der Waals surface area contributed by atoms with E-state index in [9.17, 15) is 19.5 Å². The summed E-state index contributed by atoms with van der Waals surface area (Å²) in [6.07, 6.45) is 1.94. The van der Waals surface area contributed by atoms with Gasteiger partial charge in [0.15, 0.2) is 0 Å². The number of fused-ring (bicyclic) bond motifs is 4. The molecule has 2 aromatic heterocycles. The van der Waals surface area contributed by atoms with Crippen LogP contribution in [0.2, 0.25) is 5.02 Å². The summed E-state index contributed by atoms with van der Waals surface area (Å²) in [4.78, 5) is 58.8. The Balaban J connectivity index is 1.40. The maximum Gasteiger partial charge on any atom is 0.352 e. The largest absolute Gasteiger partial charge is 0.463 e. The van der Waals surface area contributed by atoms with E-state index in [1.807, 2.05) is 36.4 Å². The molecule has 46 heavy (non-hydrogen) atoms. The van der Waals surface area contributed by atoms with Gasteiger partial charge in [-0.1, -0.05) is 72.3 Å². The summed E-state index contributed by atoms with van der Waals surface area (Å²) in [7, 11) is 0. The van der Waals surface area contributed by atoms with Crippen molar-refractivity contribution in [3.8, 4) is 5.69 Å². The molecule has 0 radical (unpaired) electrons. The lowest BCUT2D eigenvalue weighted by atomic mass is 9.54. The van der Waals surface area contributed by atoms with Crippen molar-refractivity contribution >= 4 is 29.1 Å². The van der Waals surface area contributed by atoms with Crippen LogP contribution in [0, 0.1) is 5.92 Å². The number of para-hydroxylation sites is 1. The number of aromatic nitrogens is 3. The number of aliphatic hydroxyl groups excluding tert-OH is 1. The third-order valence-electron chi connectivity index (χ3n) is 9.57. The van der Waals surface area contributed by atoms with Gasteiger partial charge in [-0.3, -0.25) is 9.59 Å². The molecule has 2 amide bonds. The molecule has 3 aromatic carbocycles. The highest BCUT2D eigenvalue weighted by Crippen LogP contribution is 2.62. The number of hydrogen-bond acceptors (Lipinski definition) is 6. The van der Waals surface area contributed by atoms with Crippen molar-refractivity contribution in [2.45, 2.75) is 36.9 Å². The van der Waals surface area contributed by atoms with Crippen LogP contribution in [-0.4, -0.2) is 30.9 Å². The number of furan rings is 1. The third kappa shape index (κ3) is 3.80. The molecule has 8 rings (SSSR count). The van der Waals surface area contributed by atoms with E-state index in [4.69, 9.17) is 16.0 Å². The van der Waals surface area contributed by atoms with Crippen LogP contribution in [0.1, 0.15) is 35.5 Å². The van der Waals surface area contributed by atoms with E-state index >= 15 is 4.79 Å². The molecule has 3 aliphatic rings. The molecular formula is C35H27ClN4O6. The van der Waals surface area contributed by atoms with Crippen LogP contribution in [0.5, 0.6) is 0 Å². The molecule has 4 heterocycles. The fourth-order valence-electron chi connectivity index (χ4n) is 7.75. The molecule has 1 saturated carbocycles. The van der Waals surface area contributed by atoms with Crippen LogP contribution >= 0.6 is 11.6 Å². The highest BCUT2D eigenvalue weighted by atomic mass is 35.5. The van der Waals surface area contributed by atoms with Crippen molar-refractivity contribution in [2.75, 3.05) is 4.90 Å². The minimum absolute atomic E-state index is 0.0689. The van der Waals surface area contributed by atoms with Crippen LogP contribution in [0.15, 0.2) is 123 Å². The van der Waals surface area contributed by atoms with Gasteiger partial charge < -0.3 is 9.52 Å². The summed E-state index contributed by atoms with van der Waals surface area (Å²) < 4.78 is 10.1. The lowest BCUT2D eigenvalue weighted by Gasteiger charge is -2.48. The number of halogens is 1. The van der Waals surface area contributed by atoms with E-state index in [2.05, 4.69) is 0 Å². The molecule has 5 aromatic rings. The number of benzene rings is 3. The van der Waals surface area contributed by atoms with Gasteiger partial charge in [-0.2, -0.15) is 0 Å². The molecule has 1 aliphatic carbocycles. The number of hydrogen-bond donors (Lipinski definition) is 1. The molecule has 0 unspecified atom stereocenters. The molecule has 2 fully saturated rings. The van der Waals surface area contributed by atoms with Crippen molar-refractivity contribution in [3.63, 3.8) is 0 Å². The Labute approximate surface area is 267 Å². The third-order valence-corrected chi connectivity index (χ3v) is 9.80. The molecule has 1 N–H and O–H groups in total. The van der Waals surface area contributed by atoms with Crippen LogP contribution in [0.3, 0.4) is 0 Å². The maximum atomic E-state index is 15.1. The first-order valence-corrected chi connectivity index (χ1v) is 15.3. The molecule has 2 aliphatic heterocycles. The van der Waals surface area contributed by atoms with Crippen molar-refractivity contribution < 1.29 is 19.1 Å². The summed E-state index contributed by atoms with van der Waals surface area (Å²) in [6.45, 7) is -0.295. The Kier molecular flexibility index (Phi) is 6.42. The van der Waals surface area contributed by atoms with Crippen LogP contribution in [0.25, 0.3) is 5.69 Å².